The zero-order chi connectivity index (χ0) is 26.9. The van der Waals surface area contributed by atoms with Crippen molar-refractivity contribution in [2.75, 3.05) is 7.11 Å². The molecule has 2 aromatic carbocycles. The van der Waals surface area contributed by atoms with Crippen LogP contribution < -0.4 is 10.6 Å². The van der Waals surface area contributed by atoms with Crippen molar-refractivity contribution in [3.63, 3.8) is 0 Å². The summed E-state index contributed by atoms with van der Waals surface area (Å²) in [7, 11) is 1.27. The Morgan fingerprint density at radius 1 is 1.05 bits per heavy atom. The van der Waals surface area contributed by atoms with Crippen LogP contribution in [-0.4, -0.2) is 47.8 Å². The normalized spacial score (nSPS) is 16.0. The SMILES string of the molecule is CC[C@H](NC(=O)[C@H](CC1CCCCC1)N=C(NC(=O)OC)c1ccccc1)C(=O)c1nc2ccccc2o1. The summed E-state index contributed by atoms with van der Waals surface area (Å²) in [6, 6.07) is 14.6. The molecular weight excluding hydrogens is 484 g/mol. The van der Waals surface area contributed by atoms with Gasteiger partial charge in [-0.05, 0) is 30.9 Å². The second-order valence-corrected chi connectivity index (χ2v) is 9.54. The first-order chi connectivity index (χ1) is 18.5. The van der Waals surface area contributed by atoms with Gasteiger partial charge in [0.2, 0.25) is 11.7 Å². The highest BCUT2D eigenvalue weighted by molar-refractivity contribution is 6.07. The lowest BCUT2D eigenvalue weighted by molar-refractivity contribution is -0.123. The molecule has 1 fully saturated rings. The number of ketones is 1. The molecule has 0 spiro atoms. The number of alkyl carbamates (subject to hydrolysis) is 1. The number of para-hydroxylation sites is 2. The zero-order valence-electron chi connectivity index (χ0n) is 21.8. The van der Waals surface area contributed by atoms with E-state index in [0.29, 0.717) is 35.4 Å². The number of benzene rings is 2. The summed E-state index contributed by atoms with van der Waals surface area (Å²) in [5, 5.41) is 5.54. The van der Waals surface area contributed by atoms with E-state index in [0.717, 1.165) is 25.7 Å². The van der Waals surface area contributed by atoms with Crippen LogP contribution in [0.25, 0.3) is 11.1 Å². The lowest BCUT2D eigenvalue weighted by atomic mass is 9.84. The highest BCUT2D eigenvalue weighted by atomic mass is 16.5. The number of ether oxygens (including phenoxy) is 1. The number of oxazole rings is 1. The van der Waals surface area contributed by atoms with E-state index in [1.807, 2.05) is 31.2 Å². The standard InChI is InChI=1S/C29H34N4O5/c1-3-21(25(34)28-32-22-16-10-11-17-24(22)38-28)31-27(35)23(18-19-12-6-4-7-13-19)30-26(33-29(36)37-2)20-14-8-5-9-15-20/h5,8-11,14-17,19,21,23H,3-4,6-7,12-13,18H2,1-2H3,(H,31,35)(H,30,33,36)/t21-,23-/m0/s1. The maximum Gasteiger partial charge on any atom is 0.412 e. The Hall–Kier alpha value is -4.01. The van der Waals surface area contributed by atoms with Gasteiger partial charge in [0.1, 0.15) is 17.4 Å². The third-order valence-corrected chi connectivity index (χ3v) is 6.87. The van der Waals surface area contributed by atoms with Crippen molar-refractivity contribution in [2.45, 2.75) is 64.0 Å². The van der Waals surface area contributed by atoms with Crippen LogP contribution in [0.5, 0.6) is 0 Å². The van der Waals surface area contributed by atoms with Crippen LogP contribution in [0.15, 0.2) is 64.0 Å². The first-order valence-corrected chi connectivity index (χ1v) is 13.2. The lowest BCUT2D eigenvalue weighted by Crippen LogP contribution is -2.46. The van der Waals surface area contributed by atoms with Crippen LogP contribution in [0.1, 0.15) is 68.1 Å². The van der Waals surface area contributed by atoms with E-state index < -0.39 is 24.0 Å². The van der Waals surface area contributed by atoms with E-state index in [9.17, 15) is 14.4 Å². The van der Waals surface area contributed by atoms with Crippen molar-refractivity contribution in [1.82, 2.24) is 15.6 Å². The topological polar surface area (TPSA) is 123 Å². The second kappa shape index (κ2) is 13.0. The van der Waals surface area contributed by atoms with Crippen LogP contribution in [0.2, 0.25) is 0 Å². The number of rotatable bonds is 9. The third-order valence-electron chi connectivity index (χ3n) is 6.87. The summed E-state index contributed by atoms with van der Waals surface area (Å²) >= 11 is 0. The van der Waals surface area contributed by atoms with Crippen LogP contribution in [0, 0.1) is 5.92 Å². The molecule has 4 rings (SSSR count). The fraction of sp³-hybridized carbons (Fsp3) is 0.414. The summed E-state index contributed by atoms with van der Waals surface area (Å²) in [5.41, 5.74) is 1.74. The van der Waals surface area contributed by atoms with Crippen molar-refractivity contribution < 1.29 is 23.5 Å². The quantitative estimate of drug-likeness (QED) is 0.232. The molecular formula is C29H34N4O5. The van der Waals surface area contributed by atoms with Gasteiger partial charge in [-0.15, -0.1) is 0 Å². The summed E-state index contributed by atoms with van der Waals surface area (Å²) in [6.45, 7) is 1.82. The van der Waals surface area contributed by atoms with Crippen LogP contribution in [0.3, 0.4) is 0 Å². The van der Waals surface area contributed by atoms with Crippen LogP contribution in [-0.2, 0) is 9.53 Å². The van der Waals surface area contributed by atoms with Gasteiger partial charge in [-0.2, -0.15) is 0 Å². The van der Waals surface area contributed by atoms with Gasteiger partial charge in [0.05, 0.1) is 13.2 Å². The van der Waals surface area contributed by atoms with E-state index >= 15 is 0 Å². The smallest absolute Gasteiger partial charge is 0.412 e. The van der Waals surface area contributed by atoms with Crippen molar-refractivity contribution in [3.8, 4) is 0 Å². The molecule has 1 aliphatic carbocycles. The number of hydrogen-bond donors (Lipinski definition) is 2. The Labute approximate surface area is 222 Å². The number of nitrogens with one attached hydrogen (secondary N) is 2. The molecule has 1 aromatic heterocycles. The van der Waals surface area contributed by atoms with Crippen molar-refractivity contribution in [3.05, 3.63) is 66.1 Å². The molecule has 1 saturated carbocycles. The van der Waals surface area contributed by atoms with Gasteiger partial charge in [-0.25, -0.2) is 9.78 Å². The van der Waals surface area contributed by atoms with Crippen molar-refractivity contribution in [1.29, 1.82) is 0 Å². The zero-order valence-corrected chi connectivity index (χ0v) is 21.8. The minimum atomic E-state index is -0.826. The molecule has 0 aliphatic heterocycles. The Morgan fingerprint density at radius 2 is 1.76 bits per heavy atom. The maximum absolute atomic E-state index is 13.7. The lowest BCUT2D eigenvalue weighted by Gasteiger charge is -2.26. The number of aliphatic imine (C=N–C) groups is 1. The predicted molar refractivity (Wildman–Crippen MR) is 144 cm³/mol. The van der Waals surface area contributed by atoms with E-state index in [-0.39, 0.29) is 17.6 Å². The molecule has 9 heteroatoms. The molecule has 3 aromatic rings. The molecule has 2 N–H and O–H groups in total. The van der Waals surface area contributed by atoms with Gasteiger partial charge in [-0.1, -0.05) is 81.5 Å². The average Bonchev–Trinajstić information content (AvgIpc) is 3.40. The largest absolute Gasteiger partial charge is 0.453 e. The minimum Gasteiger partial charge on any atom is -0.453 e. The Morgan fingerprint density at radius 3 is 2.45 bits per heavy atom. The van der Waals surface area contributed by atoms with Crippen molar-refractivity contribution in [2.24, 2.45) is 10.9 Å². The van der Waals surface area contributed by atoms with E-state index in [2.05, 4.69) is 15.6 Å². The first kappa shape index (κ1) is 27.0. The molecule has 0 radical (unpaired) electrons. The Kier molecular flexibility index (Phi) is 9.24. The van der Waals surface area contributed by atoms with Gasteiger partial charge in [0.25, 0.3) is 5.89 Å². The van der Waals surface area contributed by atoms with Gasteiger partial charge in [-0.3, -0.25) is 19.9 Å². The number of methoxy groups -OCH3 is 1. The van der Waals surface area contributed by atoms with E-state index in [1.54, 1.807) is 30.3 Å². The molecule has 200 valence electrons. The number of hydrogen-bond acceptors (Lipinski definition) is 7. The van der Waals surface area contributed by atoms with Crippen molar-refractivity contribution >= 4 is 34.7 Å². The monoisotopic (exact) mass is 518 g/mol. The first-order valence-electron chi connectivity index (χ1n) is 13.2. The highest BCUT2D eigenvalue weighted by Gasteiger charge is 2.30. The molecule has 38 heavy (non-hydrogen) atoms. The number of amides is 2. The number of nitrogens with zero attached hydrogens (tertiary/aromatic N) is 2. The van der Waals surface area contributed by atoms with Crippen LogP contribution in [0.4, 0.5) is 4.79 Å². The minimum absolute atomic E-state index is 0.0389. The number of fused-ring (bicyclic) bond motifs is 1. The molecule has 9 nitrogen and oxygen atoms in total. The van der Waals surface area contributed by atoms with E-state index in [1.165, 1.54) is 13.5 Å². The summed E-state index contributed by atoms with van der Waals surface area (Å²) in [5.74, 6) is -0.249. The van der Waals surface area contributed by atoms with Crippen LogP contribution >= 0.6 is 0 Å². The second-order valence-electron chi connectivity index (χ2n) is 9.54. The summed E-state index contributed by atoms with van der Waals surface area (Å²) in [4.78, 5) is 48.0. The maximum atomic E-state index is 13.7. The van der Waals surface area contributed by atoms with Gasteiger partial charge >= 0.3 is 6.09 Å². The molecule has 0 unspecified atom stereocenters. The average molecular weight is 519 g/mol. The number of carbonyl (C=O) groups excluding carboxylic acids is 3. The molecule has 1 heterocycles. The fourth-order valence-corrected chi connectivity index (χ4v) is 4.78. The van der Waals surface area contributed by atoms with Gasteiger partial charge < -0.3 is 14.5 Å². The summed E-state index contributed by atoms with van der Waals surface area (Å²) in [6.07, 6.45) is 5.64. The summed E-state index contributed by atoms with van der Waals surface area (Å²) < 4.78 is 10.4. The Balaban J connectivity index is 1.60. The fourth-order valence-electron chi connectivity index (χ4n) is 4.78. The highest BCUT2D eigenvalue weighted by Crippen LogP contribution is 2.28. The molecule has 2 amide bonds. The van der Waals surface area contributed by atoms with Gasteiger partial charge in [0.15, 0.2) is 5.58 Å². The number of Topliss-reactive ketones (excluding diaryl/α,β-unsaturated/α-hetero) is 1. The number of carbonyl (C=O) groups is 3. The molecule has 1 aliphatic rings. The van der Waals surface area contributed by atoms with E-state index in [4.69, 9.17) is 14.1 Å². The molecule has 2 atom stereocenters. The third kappa shape index (κ3) is 6.85. The molecule has 0 bridgehead atoms. The number of amidine groups is 1. The predicted octanol–water partition coefficient (Wildman–Crippen LogP) is 5.05. The van der Waals surface area contributed by atoms with Gasteiger partial charge in [0, 0.05) is 5.56 Å². The number of aromatic nitrogens is 1. The molecule has 0 saturated heterocycles. The Bertz CT molecular complexity index is 1250.